The first-order valence-electron chi connectivity index (χ1n) is 10.2. The molecule has 1 atom stereocenters. The van der Waals surface area contributed by atoms with Gasteiger partial charge in [0.2, 0.25) is 5.91 Å². The molecule has 1 amide bonds. The molecule has 0 unspecified atom stereocenters. The van der Waals surface area contributed by atoms with E-state index in [-0.39, 0.29) is 17.5 Å². The van der Waals surface area contributed by atoms with E-state index in [1.54, 1.807) is 17.4 Å². The number of carbonyl (C=O) groups excluding carboxylic acids is 1. The minimum absolute atomic E-state index is 0.0499. The predicted octanol–water partition coefficient (Wildman–Crippen LogP) is 3.26. The fraction of sp³-hybridized carbons (Fsp3) is 0.409. The molecule has 3 aromatic rings. The number of nitrogens with one attached hydrogen (secondary N) is 2. The molecule has 1 fully saturated rings. The van der Waals surface area contributed by atoms with E-state index in [4.69, 9.17) is 0 Å². The normalized spacial score (nSPS) is 15.6. The lowest BCUT2D eigenvalue weighted by molar-refractivity contribution is -0.121. The average Bonchev–Trinajstić information content (AvgIpc) is 3.43. The molecule has 2 N–H and O–H groups in total. The van der Waals surface area contributed by atoms with Gasteiger partial charge in [0.15, 0.2) is 0 Å². The highest BCUT2D eigenvalue weighted by Crippen LogP contribution is 2.27. The summed E-state index contributed by atoms with van der Waals surface area (Å²) >= 11 is 1.75. The second-order valence-electron chi connectivity index (χ2n) is 7.46. The number of aryl methyl sites for hydroxylation is 1. The molecule has 1 saturated heterocycles. The Balaban J connectivity index is 1.29. The van der Waals surface area contributed by atoms with Crippen LogP contribution in [0, 0.1) is 0 Å². The quantitative estimate of drug-likeness (QED) is 0.598. The Morgan fingerprint density at radius 3 is 2.83 bits per heavy atom. The number of aromatic amines is 1. The van der Waals surface area contributed by atoms with E-state index < -0.39 is 0 Å². The molecule has 0 saturated carbocycles. The van der Waals surface area contributed by atoms with Crippen molar-refractivity contribution in [2.24, 2.45) is 0 Å². The second kappa shape index (κ2) is 9.33. The van der Waals surface area contributed by atoms with Gasteiger partial charge in [-0.1, -0.05) is 18.2 Å². The monoisotopic (exact) mass is 410 g/mol. The zero-order valence-electron chi connectivity index (χ0n) is 16.4. The predicted molar refractivity (Wildman–Crippen MR) is 116 cm³/mol. The van der Waals surface area contributed by atoms with Gasteiger partial charge in [-0.15, -0.1) is 11.3 Å². The number of H-pyrrole nitrogens is 1. The lowest BCUT2D eigenvalue weighted by atomic mass is 10.2. The van der Waals surface area contributed by atoms with Crippen molar-refractivity contribution in [1.82, 2.24) is 20.2 Å². The van der Waals surface area contributed by atoms with E-state index in [9.17, 15) is 9.59 Å². The molecule has 0 radical (unpaired) electrons. The number of carbonyl (C=O) groups is 1. The molecule has 6 nitrogen and oxygen atoms in total. The summed E-state index contributed by atoms with van der Waals surface area (Å²) in [6.07, 6.45) is 4.11. The Labute approximate surface area is 174 Å². The average molecular weight is 411 g/mol. The molecule has 0 aliphatic carbocycles. The molecule has 0 spiro atoms. The van der Waals surface area contributed by atoms with E-state index in [1.807, 2.05) is 18.2 Å². The van der Waals surface area contributed by atoms with Crippen LogP contribution < -0.4 is 10.9 Å². The fourth-order valence-electron chi connectivity index (χ4n) is 3.91. The molecule has 0 bridgehead atoms. The lowest BCUT2D eigenvalue weighted by Gasteiger charge is -2.26. The number of rotatable bonds is 8. The van der Waals surface area contributed by atoms with E-state index in [0.29, 0.717) is 42.5 Å². The van der Waals surface area contributed by atoms with Gasteiger partial charge in [0.05, 0.1) is 16.9 Å². The Kier molecular flexibility index (Phi) is 6.36. The van der Waals surface area contributed by atoms with Crippen LogP contribution >= 0.6 is 11.3 Å². The maximum atomic E-state index is 12.4. The highest BCUT2D eigenvalue weighted by atomic mass is 32.1. The number of benzene rings is 1. The summed E-state index contributed by atoms with van der Waals surface area (Å²) in [4.78, 5) is 35.6. The van der Waals surface area contributed by atoms with Crippen LogP contribution in [0.15, 0.2) is 46.6 Å². The van der Waals surface area contributed by atoms with Crippen LogP contribution in [-0.4, -0.2) is 40.4 Å². The standard InChI is InChI=1S/C22H26N4O2S/c27-21(23-15-18(19-9-6-14-29-19)26-12-3-4-13-26)11-5-10-20-24-17-8-2-1-7-16(17)22(28)25-20/h1-2,6-9,14,18H,3-5,10-13,15H2,(H,23,27)(H,24,25,28)/t18-/m0/s1. The first kappa shape index (κ1) is 19.8. The van der Waals surface area contributed by atoms with Gasteiger partial charge in [-0.2, -0.15) is 0 Å². The summed E-state index contributed by atoms with van der Waals surface area (Å²) in [7, 11) is 0. The number of para-hydroxylation sites is 1. The number of thiophene rings is 1. The number of hydrogen-bond acceptors (Lipinski definition) is 5. The Bertz CT molecular complexity index is 1010. The van der Waals surface area contributed by atoms with Crippen LogP contribution in [0.3, 0.4) is 0 Å². The van der Waals surface area contributed by atoms with Gasteiger partial charge in [-0.3, -0.25) is 14.5 Å². The van der Waals surface area contributed by atoms with Crippen LogP contribution in [0.25, 0.3) is 10.9 Å². The summed E-state index contributed by atoms with van der Waals surface area (Å²) < 4.78 is 0. The van der Waals surface area contributed by atoms with Crippen molar-refractivity contribution in [2.75, 3.05) is 19.6 Å². The summed E-state index contributed by atoms with van der Waals surface area (Å²) in [5.74, 6) is 0.684. The van der Waals surface area contributed by atoms with Gasteiger partial charge < -0.3 is 10.3 Å². The third-order valence-corrected chi connectivity index (χ3v) is 6.40. The van der Waals surface area contributed by atoms with Crippen molar-refractivity contribution < 1.29 is 4.79 Å². The van der Waals surface area contributed by atoms with Gasteiger partial charge in [-0.05, 0) is 55.9 Å². The summed E-state index contributed by atoms with van der Waals surface area (Å²) in [5, 5.41) is 5.80. The van der Waals surface area contributed by atoms with Gasteiger partial charge in [0.1, 0.15) is 5.82 Å². The summed E-state index contributed by atoms with van der Waals surface area (Å²) in [5.41, 5.74) is 0.569. The third-order valence-electron chi connectivity index (χ3n) is 5.42. The summed E-state index contributed by atoms with van der Waals surface area (Å²) in [6, 6.07) is 11.8. The maximum Gasteiger partial charge on any atom is 0.258 e. The summed E-state index contributed by atoms with van der Waals surface area (Å²) in [6.45, 7) is 2.84. The van der Waals surface area contributed by atoms with Crippen molar-refractivity contribution in [2.45, 2.75) is 38.1 Å². The first-order valence-corrected chi connectivity index (χ1v) is 11.1. The number of aromatic nitrogens is 2. The number of likely N-dealkylation sites (tertiary alicyclic amines) is 1. The van der Waals surface area contributed by atoms with E-state index >= 15 is 0 Å². The largest absolute Gasteiger partial charge is 0.354 e. The van der Waals surface area contributed by atoms with Crippen molar-refractivity contribution in [3.8, 4) is 0 Å². The van der Waals surface area contributed by atoms with Crippen molar-refractivity contribution >= 4 is 28.1 Å². The lowest BCUT2D eigenvalue weighted by Crippen LogP contribution is -2.36. The van der Waals surface area contributed by atoms with Gasteiger partial charge >= 0.3 is 0 Å². The van der Waals surface area contributed by atoms with Gasteiger partial charge in [0, 0.05) is 24.3 Å². The van der Waals surface area contributed by atoms with Gasteiger partial charge in [-0.25, -0.2) is 4.98 Å². The number of nitrogens with zero attached hydrogens (tertiary/aromatic N) is 2. The highest BCUT2D eigenvalue weighted by Gasteiger charge is 2.24. The SMILES string of the molecule is O=C(CCCc1nc2ccccc2c(=O)[nH]1)NC[C@@H](c1cccs1)N1CCCC1. The molecular weight excluding hydrogens is 384 g/mol. The molecular formula is C22H26N4O2S. The number of fused-ring (bicyclic) bond motifs is 1. The molecule has 1 aliphatic rings. The fourth-order valence-corrected chi connectivity index (χ4v) is 4.77. The number of hydrogen-bond donors (Lipinski definition) is 2. The van der Waals surface area contributed by atoms with E-state index in [1.165, 1.54) is 17.7 Å². The Morgan fingerprint density at radius 2 is 2.03 bits per heavy atom. The zero-order chi connectivity index (χ0) is 20.1. The van der Waals surface area contributed by atoms with Crippen molar-refractivity contribution in [3.63, 3.8) is 0 Å². The Hall–Kier alpha value is -2.51. The van der Waals surface area contributed by atoms with Crippen LogP contribution in [0.2, 0.25) is 0 Å². The van der Waals surface area contributed by atoms with Crippen LogP contribution in [0.1, 0.15) is 42.4 Å². The highest BCUT2D eigenvalue weighted by molar-refractivity contribution is 7.10. The topological polar surface area (TPSA) is 78.1 Å². The Morgan fingerprint density at radius 1 is 1.21 bits per heavy atom. The van der Waals surface area contributed by atoms with Gasteiger partial charge in [0.25, 0.3) is 5.56 Å². The minimum Gasteiger partial charge on any atom is -0.354 e. The first-order chi connectivity index (χ1) is 14.2. The molecule has 7 heteroatoms. The van der Waals surface area contributed by atoms with E-state index in [0.717, 1.165) is 13.1 Å². The molecule has 29 heavy (non-hydrogen) atoms. The molecule has 152 valence electrons. The molecule has 1 aromatic carbocycles. The van der Waals surface area contributed by atoms with Crippen LogP contribution in [0.5, 0.6) is 0 Å². The van der Waals surface area contributed by atoms with Crippen molar-refractivity contribution in [1.29, 1.82) is 0 Å². The maximum absolute atomic E-state index is 12.4. The molecule has 3 heterocycles. The zero-order valence-corrected chi connectivity index (χ0v) is 17.2. The smallest absolute Gasteiger partial charge is 0.258 e. The molecule has 2 aromatic heterocycles. The second-order valence-corrected chi connectivity index (χ2v) is 8.44. The minimum atomic E-state index is -0.126. The number of amides is 1. The molecule has 1 aliphatic heterocycles. The van der Waals surface area contributed by atoms with E-state index in [2.05, 4.69) is 37.7 Å². The van der Waals surface area contributed by atoms with Crippen molar-refractivity contribution in [3.05, 3.63) is 62.8 Å². The third kappa shape index (κ3) is 4.92. The molecule has 4 rings (SSSR count). The van der Waals surface area contributed by atoms with Crippen LogP contribution in [-0.2, 0) is 11.2 Å². The van der Waals surface area contributed by atoms with Crippen LogP contribution in [0.4, 0.5) is 0 Å².